The summed E-state index contributed by atoms with van der Waals surface area (Å²) in [5, 5.41) is 3.29. The third-order valence-corrected chi connectivity index (χ3v) is 7.21. The Hall–Kier alpha value is -2.84. The number of fused-ring (bicyclic) bond motifs is 1. The summed E-state index contributed by atoms with van der Waals surface area (Å²) >= 11 is 1.55. The van der Waals surface area contributed by atoms with Gasteiger partial charge in [0.2, 0.25) is 5.91 Å². The zero-order valence-electron chi connectivity index (χ0n) is 20.2. The Morgan fingerprint density at radius 3 is 2.57 bits per heavy atom. The molecule has 1 aliphatic heterocycles. The number of carbonyl (C=O) groups excluding carboxylic acids is 2. The first kappa shape index (κ1) is 28.4. The van der Waals surface area contributed by atoms with E-state index in [2.05, 4.69) is 34.8 Å². The molecule has 3 rings (SSSR count). The number of hydrogen-bond acceptors (Lipinski definition) is 6. The van der Waals surface area contributed by atoms with Gasteiger partial charge in [-0.3, -0.25) is 4.79 Å². The van der Waals surface area contributed by atoms with Gasteiger partial charge in [0.25, 0.3) is 0 Å². The number of unbranched alkanes of at least 4 members (excludes halogenated alkanes) is 2. The van der Waals surface area contributed by atoms with Gasteiger partial charge in [-0.1, -0.05) is 63.2 Å². The fourth-order valence-electron chi connectivity index (χ4n) is 4.01. The van der Waals surface area contributed by atoms with E-state index in [0.29, 0.717) is 12.1 Å². The third kappa shape index (κ3) is 7.57. The molecule has 1 atom stereocenters. The summed E-state index contributed by atoms with van der Waals surface area (Å²) in [6.07, 6.45) is 3.17. The van der Waals surface area contributed by atoms with Crippen molar-refractivity contribution >= 4 is 35.2 Å². The molecule has 0 spiro atoms. The molecule has 1 unspecified atom stereocenters. The van der Waals surface area contributed by atoms with E-state index in [0.717, 1.165) is 55.0 Å². The minimum Gasteiger partial charge on any atom is -0.380 e. The van der Waals surface area contributed by atoms with Crippen molar-refractivity contribution in [3.63, 3.8) is 0 Å². The van der Waals surface area contributed by atoms with E-state index in [1.54, 1.807) is 17.8 Å². The van der Waals surface area contributed by atoms with Crippen LogP contribution in [0, 0.1) is 0 Å². The van der Waals surface area contributed by atoms with Crippen molar-refractivity contribution in [2.75, 3.05) is 31.1 Å². The monoisotopic (exact) mass is 498 g/mol. The van der Waals surface area contributed by atoms with Gasteiger partial charge in [-0.05, 0) is 56.2 Å². The molecule has 35 heavy (non-hydrogen) atoms. The van der Waals surface area contributed by atoms with Crippen LogP contribution in [0.5, 0.6) is 0 Å². The minimum atomic E-state index is -0.540. The van der Waals surface area contributed by atoms with E-state index < -0.39 is 5.97 Å². The number of carbonyl (C=O) groups is 2. The van der Waals surface area contributed by atoms with Gasteiger partial charge in [0.05, 0.1) is 5.69 Å². The van der Waals surface area contributed by atoms with Crippen LogP contribution in [-0.2, 0) is 14.4 Å². The number of hydrogen-bond donors (Lipinski definition) is 1. The quantitative estimate of drug-likeness (QED) is 0.151. The molecule has 1 heterocycles. The first-order valence-corrected chi connectivity index (χ1v) is 12.7. The fraction of sp³-hybridized carbons (Fsp3) is 0.444. The van der Waals surface area contributed by atoms with Gasteiger partial charge < -0.3 is 20.4 Å². The summed E-state index contributed by atoms with van der Waals surface area (Å²) in [4.78, 5) is 34.8. The molecule has 1 amide bonds. The third-order valence-electron chi connectivity index (χ3n) is 5.90. The summed E-state index contributed by atoms with van der Waals surface area (Å²) in [5.74, 6) is -0.377. The highest BCUT2D eigenvalue weighted by Crippen LogP contribution is 2.46. The first-order chi connectivity index (χ1) is 16.4. The van der Waals surface area contributed by atoms with Crippen LogP contribution in [0.1, 0.15) is 63.8 Å². The van der Waals surface area contributed by atoms with Gasteiger partial charge in [-0.2, -0.15) is 0 Å². The molecular formula is C27H38N4O3S. The minimum absolute atomic E-state index is 0. The zero-order chi connectivity index (χ0) is 24.5. The van der Waals surface area contributed by atoms with E-state index in [1.807, 2.05) is 41.3 Å². The van der Waals surface area contributed by atoms with Crippen LogP contribution in [0.2, 0.25) is 0 Å². The van der Waals surface area contributed by atoms with Gasteiger partial charge in [-0.15, -0.1) is 11.8 Å². The van der Waals surface area contributed by atoms with Crippen molar-refractivity contribution in [1.82, 2.24) is 4.90 Å². The lowest BCUT2D eigenvalue weighted by Crippen LogP contribution is -2.38. The lowest BCUT2D eigenvalue weighted by atomic mass is 10.1. The average molecular weight is 499 g/mol. The molecule has 7 nitrogen and oxygen atoms in total. The maximum Gasteiger partial charge on any atom is 0.332 e. The number of amidine groups is 1. The smallest absolute Gasteiger partial charge is 0.332 e. The maximum atomic E-state index is 13.6. The molecule has 0 bridgehead atoms. The van der Waals surface area contributed by atoms with Gasteiger partial charge in [0.1, 0.15) is 5.25 Å². The lowest BCUT2D eigenvalue weighted by Gasteiger charge is -2.34. The molecule has 0 saturated heterocycles. The van der Waals surface area contributed by atoms with Crippen molar-refractivity contribution in [2.24, 2.45) is 10.9 Å². The van der Waals surface area contributed by atoms with Gasteiger partial charge in [0, 0.05) is 23.9 Å². The molecule has 190 valence electrons. The Bertz CT molecular complexity index is 1020. The van der Waals surface area contributed by atoms with Crippen LogP contribution in [0.15, 0.2) is 58.6 Å². The number of benzene rings is 2. The molecule has 0 saturated carbocycles. The Balaban J connectivity index is 0.00000432. The SMILES string of the molecule is C.CCN(CC)CCCCCN1C(=O)C(c2cccc(/C(N)=N/OC(C)=O)c2)Sc2ccccc21. The van der Waals surface area contributed by atoms with Crippen molar-refractivity contribution in [3.8, 4) is 0 Å². The van der Waals surface area contributed by atoms with Crippen LogP contribution in [0.25, 0.3) is 0 Å². The highest BCUT2D eigenvalue weighted by Gasteiger charge is 2.34. The Morgan fingerprint density at radius 2 is 1.86 bits per heavy atom. The summed E-state index contributed by atoms with van der Waals surface area (Å²) in [7, 11) is 0. The van der Waals surface area contributed by atoms with E-state index in [4.69, 9.17) is 5.73 Å². The molecule has 0 fully saturated rings. The number of nitrogens with zero attached hydrogens (tertiary/aromatic N) is 3. The number of rotatable bonds is 11. The van der Waals surface area contributed by atoms with Gasteiger partial charge in [-0.25, -0.2) is 4.79 Å². The fourth-order valence-corrected chi connectivity index (χ4v) is 5.23. The molecular weight excluding hydrogens is 460 g/mol. The molecule has 2 aromatic carbocycles. The second-order valence-electron chi connectivity index (χ2n) is 8.23. The normalized spacial score (nSPS) is 15.5. The molecule has 2 aromatic rings. The average Bonchev–Trinajstić information content (AvgIpc) is 2.85. The Morgan fingerprint density at radius 1 is 1.11 bits per heavy atom. The number of amides is 1. The molecule has 0 aromatic heterocycles. The summed E-state index contributed by atoms with van der Waals surface area (Å²) in [6.45, 7) is 9.58. The van der Waals surface area contributed by atoms with Gasteiger partial charge in [0.15, 0.2) is 5.84 Å². The summed E-state index contributed by atoms with van der Waals surface area (Å²) in [5.41, 5.74) is 8.41. The molecule has 0 aliphatic carbocycles. The van der Waals surface area contributed by atoms with Crippen molar-refractivity contribution < 1.29 is 14.4 Å². The lowest BCUT2D eigenvalue weighted by molar-refractivity contribution is -0.140. The van der Waals surface area contributed by atoms with E-state index in [9.17, 15) is 9.59 Å². The van der Waals surface area contributed by atoms with Crippen molar-refractivity contribution in [3.05, 3.63) is 59.7 Å². The molecule has 1 aliphatic rings. The largest absolute Gasteiger partial charge is 0.380 e. The van der Waals surface area contributed by atoms with Crippen molar-refractivity contribution in [2.45, 2.75) is 57.6 Å². The molecule has 2 N–H and O–H groups in total. The predicted octanol–water partition coefficient (Wildman–Crippen LogP) is 5.20. The second-order valence-corrected chi connectivity index (χ2v) is 9.37. The predicted molar refractivity (Wildman–Crippen MR) is 145 cm³/mol. The number of oxime groups is 1. The Kier molecular flexibility index (Phi) is 11.3. The summed E-state index contributed by atoms with van der Waals surface area (Å²) in [6, 6.07) is 15.5. The van der Waals surface area contributed by atoms with Crippen LogP contribution in [0.3, 0.4) is 0 Å². The molecule has 8 heteroatoms. The van der Waals surface area contributed by atoms with Crippen LogP contribution >= 0.6 is 11.8 Å². The van der Waals surface area contributed by atoms with E-state index in [1.165, 1.54) is 6.92 Å². The van der Waals surface area contributed by atoms with E-state index >= 15 is 0 Å². The first-order valence-electron chi connectivity index (χ1n) is 11.8. The highest BCUT2D eigenvalue weighted by atomic mass is 32.2. The van der Waals surface area contributed by atoms with E-state index in [-0.39, 0.29) is 24.4 Å². The number of thioether (sulfide) groups is 1. The molecule has 0 radical (unpaired) electrons. The number of anilines is 1. The summed E-state index contributed by atoms with van der Waals surface area (Å²) < 4.78 is 0. The highest BCUT2D eigenvalue weighted by molar-refractivity contribution is 8.00. The van der Waals surface area contributed by atoms with Crippen molar-refractivity contribution in [1.29, 1.82) is 0 Å². The Labute approximate surface area is 213 Å². The zero-order valence-corrected chi connectivity index (χ0v) is 21.0. The maximum absolute atomic E-state index is 13.6. The number of para-hydroxylation sites is 1. The standard InChI is InChI=1S/C26H34N4O3S.CH4/c1-4-29(5-2)16-9-6-10-17-30-22-14-7-8-15-23(22)34-24(26(30)32)20-12-11-13-21(18-20)25(27)28-33-19(3)31;/h7-8,11-15,18,24H,4-6,9-10,16-17H2,1-3H3,(H2,27,28);1H4. The topological polar surface area (TPSA) is 88.2 Å². The van der Waals surface area contributed by atoms with Crippen LogP contribution in [0.4, 0.5) is 5.69 Å². The number of nitrogens with two attached hydrogens (primary N) is 1. The van der Waals surface area contributed by atoms with Crippen LogP contribution < -0.4 is 10.6 Å². The van der Waals surface area contributed by atoms with Gasteiger partial charge >= 0.3 is 5.97 Å². The second kappa shape index (κ2) is 13.9. The van der Waals surface area contributed by atoms with Crippen LogP contribution in [-0.4, -0.2) is 48.8 Å².